The van der Waals surface area contributed by atoms with Crippen molar-refractivity contribution in [3.63, 3.8) is 0 Å². The molecular formula is C21H17F2N3O4. The van der Waals surface area contributed by atoms with Crippen LogP contribution in [0.3, 0.4) is 0 Å². The summed E-state index contributed by atoms with van der Waals surface area (Å²) in [6, 6.07) is 5.98. The number of hydrogen-bond acceptors (Lipinski definition) is 5. The molecule has 2 amide bonds. The van der Waals surface area contributed by atoms with Gasteiger partial charge in [-0.3, -0.25) is 9.59 Å². The Bertz CT molecular complexity index is 1150. The average molecular weight is 413 g/mol. The zero-order valence-electron chi connectivity index (χ0n) is 15.9. The fraction of sp³-hybridized carbons (Fsp3) is 0.190. The molecule has 4 rings (SSSR count). The number of carbonyl (C=O) groups is 2. The lowest BCUT2D eigenvalue weighted by molar-refractivity contribution is 0.0926. The molecule has 0 unspecified atom stereocenters. The number of nitrogens with zero attached hydrogens (tertiary/aromatic N) is 1. The Morgan fingerprint density at radius 3 is 2.70 bits per heavy atom. The first-order valence-electron chi connectivity index (χ1n) is 9.23. The molecule has 0 saturated carbocycles. The molecule has 1 aliphatic carbocycles. The highest BCUT2D eigenvalue weighted by molar-refractivity contribution is 6.09. The van der Waals surface area contributed by atoms with Gasteiger partial charge in [-0.25, -0.2) is 14.2 Å². The lowest BCUT2D eigenvalue weighted by Crippen LogP contribution is -2.21. The van der Waals surface area contributed by atoms with Gasteiger partial charge in [-0.05, 0) is 44.0 Å². The van der Waals surface area contributed by atoms with E-state index in [-0.39, 0.29) is 17.2 Å². The van der Waals surface area contributed by atoms with E-state index in [9.17, 15) is 18.4 Å². The summed E-state index contributed by atoms with van der Waals surface area (Å²) in [4.78, 5) is 24.7. The minimum absolute atomic E-state index is 0.00989. The van der Waals surface area contributed by atoms with Crippen molar-refractivity contribution in [2.75, 3.05) is 5.32 Å². The van der Waals surface area contributed by atoms with Gasteiger partial charge in [0.05, 0.1) is 17.7 Å². The smallest absolute Gasteiger partial charge is 0.307 e. The Labute approximate surface area is 169 Å². The molecule has 0 bridgehead atoms. The summed E-state index contributed by atoms with van der Waals surface area (Å²) in [5.41, 5.74) is 4.03. The van der Waals surface area contributed by atoms with E-state index in [0.717, 1.165) is 18.6 Å². The van der Waals surface area contributed by atoms with Crippen LogP contribution in [-0.2, 0) is 6.42 Å². The minimum Gasteiger partial charge on any atom is -0.459 e. The topological polar surface area (TPSA) is 96.8 Å². The number of benzene rings is 1. The normalized spacial score (nSPS) is 14.4. The largest absolute Gasteiger partial charge is 0.459 e. The van der Waals surface area contributed by atoms with Crippen LogP contribution in [0.5, 0.6) is 0 Å². The van der Waals surface area contributed by atoms with E-state index in [4.69, 9.17) is 8.83 Å². The van der Waals surface area contributed by atoms with Crippen LogP contribution in [0.15, 0.2) is 50.5 Å². The average Bonchev–Trinajstić information content (AvgIpc) is 3.37. The molecule has 0 radical (unpaired) electrons. The number of halogens is 2. The van der Waals surface area contributed by atoms with Gasteiger partial charge in [0.2, 0.25) is 0 Å². The Kier molecular flexibility index (Phi) is 5.18. The molecule has 154 valence electrons. The number of amides is 2. The molecule has 9 heteroatoms. The Morgan fingerprint density at radius 2 is 1.97 bits per heavy atom. The highest BCUT2D eigenvalue weighted by atomic mass is 19.1. The van der Waals surface area contributed by atoms with E-state index >= 15 is 0 Å². The molecule has 0 aliphatic heterocycles. The van der Waals surface area contributed by atoms with Gasteiger partial charge < -0.3 is 14.2 Å². The Hall–Kier alpha value is -3.75. The summed E-state index contributed by atoms with van der Waals surface area (Å²) >= 11 is 0. The number of hydrogen-bond donors (Lipinski definition) is 2. The minimum atomic E-state index is -0.889. The molecule has 0 fully saturated rings. The van der Waals surface area contributed by atoms with Crippen molar-refractivity contribution in [1.82, 2.24) is 5.43 Å². The highest BCUT2D eigenvalue weighted by Crippen LogP contribution is 2.30. The number of rotatable bonds is 4. The van der Waals surface area contributed by atoms with Crippen LogP contribution in [0.2, 0.25) is 0 Å². The lowest BCUT2D eigenvalue weighted by Gasteiger charge is -2.13. The fourth-order valence-corrected chi connectivity index (χ4v) is 3.35. The van der Waals surface area contributed by atoms with Crippen LogP contribution >= 0.6 is 0 Å². The first-order valence-corrected chi connectivity index (χ1v) is 9.23. The molecule has 2 heterocycles. The predicted octanol–water partition coefficient (Wildman–Crippen LogP) is 4.18. The summed E-state index contributed by atoms with van der Waals surface area (Å²) in [5, 5.41) is 6.58. The molecule has 0 atom stereocenters. The van der Waals surface area contributed by atoms with Crippen LogP contribution in [0.25, 0.3) is 0 Å². The third kappa shape index (κ3) is 3.73. The summed E-state index contributed by atoms with van der Waals surface area (Å²) < 4.78 is 37.7. The number of aryl methyl sites for hydroxylation is 1. The van der Waals surface area contributed by atoms with Gasteiger partial charge >= 0.3 is 5.91 Å². The predicted molar refractivity (Wildman–Crippen MR) is 103 cm³/mol. The van der Waals surface area contributed by atoms with E-state index in [1.54, 1.807) is 13.0 Å². The fourth-order valence-electron chi connectivity index (χ4n) is 3.35. The van der Waals surface area contributed by atoms with Gasteiger partial charge in [0, 0.05) is 23.6 Å². The number of nitrogens with one attached hydrogen (secondary N) is 2. The summed E-state index contributed by atoms with van der Waals surface area (Å²) in [6.07, 6.45) is 3.29. The molecule has 7 nitrogen and oxygen atoms in total. The van der Waals surface area contributed by atoms with Crippen LogP contribution in [0, 0.1) is 18.6 Å². The number of carbonyl (C=O) groups excluding carboxylic acids is 2. The van der Waals surface area contributed by atoms with E-state index in [0.29, 0.717) is 41.5 Å². The molecule has 1 aliphatic rings. The van der Waals surface area contributed by atoms with Crippen LogP contribution in [0.1, 0.15) is 50.8 Å². The van der Waals surface area contributed by atoms with Crippen molar-refractivity contribution >= 4 is 23.2 Å². The van der Waals surface area contributed by atoms with Crippen molar-refractivity contribution in [3.8, 4) is 0 Å². The van der Waals surface area contributed by atoms with E-state index in [1.165, 1.54) is 12.3 Å². The lowest BCUT2D eigenvalue weighted by atomic mass is 9.93. The first-order chi connectivity index (χ1) is 14.4. The third-order valence-electron chi connectivity index (χ3n) is 4.75. The molecule has 1 aromatic carbocycles. The van der Waals surface area contributed by atoms with Crippen LogP contribution < -0.4 is 10.7 Å². The zero-order valence-corrected chi connectivity index (χ0v) is 15.9. The van der Waals surface area contributed by atoms with Gasteiger partial charge in [-0.1, -0.05) is 0 Å². The Balaban J connectivity index is 1.58. The van der Waals surface area contributed by atoms with Crippen molar-refractivity contribution in [3.05, 3.63) is 76.6 Å². The monoisotopic (exact) mass is 413 g/mol. The van der Waals surface area contributed by atoms with Crippen molar-refractivity contribution in [1.29, 1.82) is 0 Å². The molecule has 30 heavy (non-hydrogen) atoms. The van der Waals surface area contributed by atoms with E-state index in [2.05, 4.69) is 15.8 Å². The maximum absolute atomic E-state index is 13.9. The Morgan fingerprint density at radius 1 is 1.13 bits per heavy atom. The molecule has 2 aromatic heterocycles. The van der Waals surface area contributed by atoms with Gasteiger partial charge in [-0.2, -0.15) is 5.10 Å². The maximum atomic E-state index is 13.9. The third-order valence-corrected chi connectivity index (χ3v) is 4.75. The number of furan rings is 2. The van der Waals surface area contributed by atoms with E-state index < -0.39 is 23.4 Å². The zero-order chi connectivity index (χ0) is 21.3. The summed E-state index contributed by atoms with van der Waals surface area (Å²) in [7, 11) is 0. The highest BCUT2D eigenvalue weighted by Gasteiger charge is 2.28. The standard InChI is InChI=1S/C21H17F2N3O4/c1-11-18-15(25-26-20(27)17-6-3-9-29-17)4-2-5-16(18)30-19(11)21(28)24-14-8-7-12(22)10-13(14)23/h3,6-10H,2,4-5H2,1H3,(H,24,28)(H,26,27)/b25-15+. The molecule has 3 aromatic rings. The molecule has 0 saturated heterocycles. The second kappa shape index (κ2) is 7.94. The quantitative estimate of drug-likeness (QED) is 0.627. The van der Waals surface area contributed by atoms with Gasteiger partial charge in [-0.15, -0.1) is 0 Å². The summed E-state index contributed by atoms with van der Waals surface area (Å²) in [5.74, 6) is -2.09. The maximum Gasteiger partial charge on any atom is 0.307 e. The van der Waals surface area contributed by atoms with Gasteiger partial charge in [0.15, 0.2) is 11.5 Å². The number of hydrazone groups is 1. The number of anilines is 1. The van der Waals surface area contributed by atoms with Gasteiger partial charge in [0.25, 0.3) is 5.91 Å². The SMILES string of the molecule is Cc1c(C(=O)Nc2ccc(F)cc2F)oc2c1/C(=N/NC(=O)c1ccco1)CCC2. The van der Waals surface area contributed by atoms with Crippen molar-refractivity contribution in [2.24, 2.45) is 5.10 Å². The number of fused-ring (bicyclic) bond motifs is 1. The van der Waals surface area contributed by atoms with Crippen molar-refractivity contribution in [2.45, 2.75) is 26.2 Å². The molecule has 2 N–H and O–H groups in total. The molecular weight excluding hydrogens is 396 g/mol. The van der Waals surface area contributed by atoms with Crippen LogP contribution in [-0.4, -0.2) is 17.5 Å². The second-order valence-corrected chi connectivity index (χ2v) is 6.76. The van der Waals surface area contributed by atoms with Crippen molar-refractivity contribution < 1.29 is 27.2 Å². The first kappa shape index (κ1) is 19.6. The van der Waals surface area contributed by atoms with Crippen LogP contribution in [0.4, 0.5) is 14.5 Å². The van der Waals surface area contributed by atoms with Gasteiger partial charge in [0.1, 0.15) is 17.4 Å². The van der Waals surface area contributed by atoms with E-state index in [1.807, 2.05) is 0 Å². The molecule has 0 spiro atoms. The second-order valence-electron chi connectivity index (χ2n) is 6.76. The summed E-state index contributed by atoms with van der Waals surface area (Å²) in [6.45, 7) is 1.69.